The highest BCUT2D eigenvalue weighted by Crippen LogP contribution is 2.17. The van der Waals surface area contributed by atoms with Gasteiger partial charge in [0.05, 0.1) is 0 Å². The Kier molecular flexibility index (Phi) is 7.45. The Bertz CT molecular complexity index is 460. The summed E-state index contributed by atoms with van der Waals surface area (Å²) in [5.74, 6) is -2.14. The van der Waals surface area contributed by atoms with E-state index in [1.165, 1.54) is 11.0 Å². The van der Waals surface area contributed by atoms with Gasteiger partial charge in [0, 0.05) is 25.7 Å². The fourth-order valence-corrected chi connectivity index (χ4v) is 1.47. The SMILES string of the molecule is CC(Oc1ccc(F)c(F)c1)C(=O)N(C)C(C)CN.Cl. The van der Waals surface area contributed by atoms with E-state index in [4.69, 9.17) is 10.5 Å². The summed E-state index contributed by atoms with van der Waals surface area (Å²) in [5, 5.41) is 0. The van der Waals surface area contributed by atoms with E-state index in [0.29, 0.717) is 6.54 Å². The third-order valence-corrected chi connectivity index (χ3v) is 2.90. The minimum absolute atomic E-state index is 0. The molecule has 0 heterocycles. The van der Waals surface area contributed by atoms with E-state index in [1.54, 1.807) is 14.0 Å². The van der Waals surface area contributed by atoms with Gasteiger partial charge in [-0.1, -0.05) is 0 Å². The van der Waals surface area contributed by atoms with Gasteiger partial charge >= 0.3 is 0 Å². The van der Waals surface area contributed by atoms with Crippen molar-refractivity contribution in [2.75, 3.05) is 13.6 Å². The smallest absolute Gasteiger partial charge is 0.263 e. The molecule has 0 radical (unpaired) electrons. The van der Waals surface area contributed by atoms with E-state index in [0.717, 1.165) is 12.1 Å². The molecule has 0 aliphatic rings. The van der Waals surface area contributed by atoms with Gasteiger partial charge in [-0.05, 0) is 26.0 Å². The molecule has 0 aromatic heterocycles. The van der Waals surface area contributed by atoms with Gasteiger partial charge in [0.2, 0.25) is 0 Å². The average molecular weight is 309 g/mol. The first-order chi connectivity index (χ1) is 8.86. The molecule has 0 saturated carbocycles. The lowest BCUT2D eigenvalue weighted by molar-refractivity contribution is -0.138. The van der Waals surface area contributed by atoms with Crippen LogP contribution >= 0.6 is 12.4 Å². The number of nitrogens with zero attached hydrogens (tertiary/aromatic N) is 1. The maximum absolute atomic E-state index is 13.0. The van der Waals surface area contributed by atoms with Crippen LogP contribution < -0.4 is 10.5 Å². The van der Waals surface area contributed by atoms with E-state index in [9.17, 15) is 13.6 Å². The largest absolute Gasteiger partial charge is 0.481 e. The predicted molar refractivity (Wildman–Crippen MR) is 75.0 cm³/mol. The number of ether oxygens (including phenoxy) is 1. The number of amides is 1. The Morgan fingerprint density at radius 3 is 2.45 bits per heavy atom. The Balaban J connectivity index is 0.00000361. The van der Waals surface area contributed by atoms with Crippen LogP contribution in [0.25, 0.3) is 0 Å². The lowest BCUT2D eigenvalue weighted by Gasteiger charge is -2.26. The summed E-state index contributed by atoms with van der Waals surface area (Å²) in [5.41, 5.74) is 5.47. The number of hydrogen-bond donors (Lipinski definition) is 1. The number of likely N-dealkylation sites (N-methyl/N-ethyl adjacent to an activating group) is 1. The molecule has 7 heteroatoms. The van der Waals surface area contributed by atoms with E-state index >= 15 is 0 Å². The monoisotopic (exact) mass is 308 g/mol. The number of carbonyl (C=O) groups excluding carboxylic acids is 1. The van der Waals surface area contributed by atoms with E-state index in [2.05, 4.69) is 0 Å². The van der Waals surface area contributed by atoms with Crippen LogP contribution in [0.2, 0.25) is 0 Å². The second kappa shape index (κ2) is 8.01. The molecule has 1 rings (SSSR count). The highest BCUT2D eigenvalue weighted by molar-refractivity contribution is 5.85. The quantitative estimate of drug-likeness (QED) is 0.904. The van der Waals surface area contributed by atoms with Gasteiger partial charge in [0.1, 0.15) is 5.75 Å². The van der Waals surface area contributed by atoms with Crippen molar-refractivity contribution in [1.29, 1.82) is 0 Å². The Labute approximate surface area is 123 Å². The lowest BCUT2D eigenvalue weighted by atomic mass is 10.2. The molecule has 20 heavy (non-hydrogen) atoms. The second-order valence-corrected chi connectivity index (χ2v) is 4.37. The van der Waals surface area contributed by atoms with Crippen molar-refractivity contribution < 1.29 is 18.3 Å². The van der Waals surface area contributed by atoms with Crippen LogP contribution in [-0.4, -0.2) is 36.5 Å². The van der Waals surface area contributed by atoms with E-state index in [1.807, 2.05) is 6.92 Å². The average Bonchev–Trinajstić information content (AvgIpc) is 2.40. The fraction of sp³-hybridized carbons (Fsp3) is 0.462. The summed E-state index contributed by atoms with van der Waals surface area (Å²) >= 11 is 0. The molecule has 0 fully saturated rings. The lowest BCUT2D eigenvalue weighted by Crippen LogP contribution is -2.45. The van der Waals surface area contributed by atoms with Crippen molar-refractivity contribution in [3.63, 3.8) is 0 Å². The minimum Gasteiger partial charge on any atom is -0.481 e. The van der Waals surface area contributed by atoms with Crippen molar-refractivity contribution in [2.24, 2.45) is 5.73 Å². The zero-order valence-electron chi connectivity index (χ0n) is 11.6. The van der Waals surface area contributed by atoms with Gasteiger partial charge in [0.15, 0.2) is 17.7 Å². The molecule has 114 valence electrons. The Morgan fingerprint density at radius 2 is 1.95 bits per heavy atom. The molecule has 0 spiro atoms. The molecule has 0 saturated heterocycles. The van der Waals surface area contributed by atoms with Crippen LogP contribution in [0.1, 0.15) is 13.8 Å². The molecular weight excluding hydrogens is 290 g/mol. The summed E-state index contributed by atoms with van der Waals surface area (Å²) in [6, 6.07) is 3.01. The highest BCUT2D eigenvalue weighted by Gasteiger charge is 2.22. The van der Waals surface area contributed by atoms with Crippen molar-refractivity contribution in [1.82, 2.24) is 4.90 Å². The Morgan fingerprint density at radius 1 is 1.35 bits per heavy atom. The van der Waals surface area contributed by atoms with Crippen LogP contribution in [0.3, 0.4) is 0 Å². The Hall–Kier alpha value is -1.40. The normalized spacial score (nSPS) is 13.1. The number of rotatable bonds is 5. The number of nitrogens with two attached hydrogens (primary N) is 1. The van der Waals surface area contributed by atoms with Crippen LogP contribution in [0, 0.1) is 11.6 Å². The summed E-state index contributed by atoms with van der Waals surface area (Å²) in [4.78, 5) is 13.4. The molecule has 2 atom stereocenters. The topological polar surface area (TPSA) is 55.6 Å². The molecule has 1 amide bonds. The van der Waals surface area contributed by atoms with Crippen molar-refractivity contribution >= 4 is 18.3 Å². The van der Waals surface area contributed by atoms with Gasteiger partial charge in [-0.3, -0.25) is 4.79 Å². The van der Waals surface area contributed by atoms with Gasteiger partial charge in [-0.2, -0.15) is 0 Å². The molecule has 1 aromatic carbocycles. The van der Waals surface area contributed by atoms with Crippen LogP contribution in [0.4, 0.5) is 8.78 Å². The summed E-state index contributed by atoms with van der Waals surface area (Å²) < 4.78 is 31.0. The zero-order chi connectivity index (χ0) is 14.6. The molecule has 2 N–H and O–H groups in total. The van der Waals surface area contributed by atoms with Gasteiger partial charge in [-0.15, -0.1) is 12.4 Å². The number of hydrogen-bond acceptors (Lipinski definition) is 3. The standard InChI is InChI=1S/C13H18F2N2O2.ClH/c1-8(7-16)17(3)13(18)9(2)19-10-4-5-11(14)12(15)6-10;/h4-6,8-9H,7,16H2,1-3H3;1H. The van der Waals surface area contributed by atoms with Crippen molar-refractivity contribution in [3.8, 4) is 5.75 Å². The molecule has 2 unspecified atom stereocenters. The minimum atomic E-state index is -1.01. The highest BCUT2D eigenvalue weighted by atomic mass is 35.5. The molecule has 4 nitrogen and oxygen atoms in total. The van der Waals surface area contributed by atoms with Crippen LogP contribution in [-0.2, 0) is 4.79 Å². The third kappa shape index (κ3) is 4.61. The molecule has 0 aliphatic carbocycles. The number of halogens is 3. The van der Waals surface area contributed by atoms with Crippen LogP contribution in [0.5, 0.6) is 5.75 Å². The van der Waals surface area contributed by atoms with E-state index < -0.39 is 17.7 Å². The fourth-order valence-electron chi connectivity index (χ4n) is 1.47. The summed E-state index contributed by atoms with van der Waals surface area (Å²) in [7, 11) is 1.62. The maximum Gasteiger partial charge on any atom is 0.263 e. The summed E-state index contributed by atoms with van der Waals surface area (Å²) in [6.07, 6.45) is -0.802. The first-order valence-corrected chi connectivity index (χ1v) is 5.95. The predicted octanol–water partition coefficient (Wildman–Crippen LogP) is 1.96. The first kappa shape index (κ1) is 18.6. The summed E-state index contributed by atoms with van der Waals surface area (Å²) in [6.45, 7) is 3.69. The van der Waals surface area contributed by atoms with Crippen molar-refractivity contribution in [2.45, 2.75) is 26.0 Å². The molecular formula is C13H19ClF2N2O2. The third-order valence-electron chi connectivity index (χ3n) is 2.90. The van der Waals surface area contributed by atoms with Gasteiger partial charge in [0.25, 0.3) is 5.91 Å². The van der Waals surface area contributed by atoms with Crippen molar-refractivity contribution in [3.05, 3.63) is 29.8 Å². The first-order valence-electron chi connectivity index (χ1n) is 5.95. The second-order valence-electron chi connectivity index (χ2n) is 4.37. The number of carbonyl (C=O) groups is 1. The number of benzene rings is 1. The molecule has 0 bridgehead atoms. The van der Waals surface area contributed by atoms with Crippen LogP contribution in [0.15, 0.2) is 18.2 Å². The van der Waals surface area contributed by atoms with Gasteiger partial charge in [-0.25, -0.2) is 8.78 Å². The van der Waals surface area contributed by atoms with E-state index in [-0.39, 0.29) is 30.1 Å². The zero-order valence-corrected chi connectivity index (χ0v) is 12.4. The molecule has 0 aliphatic heterocycles. The molecule has 1 aromatic rings. The maximum atomic E-state index is 13.0. The van der Waals surface area contributed by atoms with Gasteiger partial charge < -0.3 is 15.4 Å².